The van der Waals surface area contributed by atoms with Crippen LogP contribution in [0.2, 0.25) is 0 Å². The molecule has 0 unspecified atom stereocenters. The molecule has 0 aliphatic rings. The lowest BCUT2D eigenvalue weighted by atomic mass is 9.98. The lowest BCUT2D eigenvalue weighted by Gasteiger charge is -2.09. The summed E-state index contributed by atoms with van der Waals surface area (Å²) in [7, 11) is 1.92. The molecule has 0 fully saturated rings. The molecule has 0 saturated carbocycles. The number of hydrogen-bond donors (Lipinski definition) is 2. The van der Waals surface area contributed by atoms with E-state index in [0.29, 0.717) is 0 Å². The Morgan fingerprint density at radius 1 is 1.20 bits per heavy atom. The van der Waals surface area contributed by atoms with Gasteiger partial charge in [0.05, 0.1) is 0 Å². The lowest BCUT2D eigenvalue weighted by molar-refractivity contribution is 1.34. The van der Waals surface area contributed by atoms with Crippen LogP contribution in [-0.4, -0.2) is 12.0 Å². The summed E-state index contributed by atoms with van der Waals surface area (Å²) in [6.45, 7) is 14.0. The minimum atomic E-state index is 1.03. The fraction of sp³-hybridized carbons (Fsp3) is 0.333. The average molecular weight is 272 g/mol. The largest absolute Gasteiger partial charge is 0.374 e. The van der Waals surface area contributed by atoms with Crippen molar-refractivity contribution in [3.63, 3.8) is 0 Å². The molecule has 0 aromatic carbocycles. The van der Waals surface area contributed by atoms with E-state index in [4.69, 9.17) is 0 Å². The maximum atomic E-state index is 3.89. The smallest absolute Gasteiger partial charge is 0.110 e. The fourth-order valence-electron chi connectivity index (χ4n) is 1.85. The molecule has 0 aliphatic heterocycles. The molecule has 110 valence electrons. The van der Waals surface area contributed by atoms with Crippen LogP contribution in [0.1, 0.15) is 40.2 Å². The molecule has 0 atom stereocenters. The summed E-state index contributed by atoms with van der Waals surface area (Å²) in [5, 5.41) is 3.17. The van der Waals surface area contributed by atoms with Crippen LogP contribution in [0.15, 0.2) is 54.3 Å². The van der Waals surface area contributed by atoms with Crippen LogP contribution in [0.4, 0.5) is 5.82 Å². The number of allylic oxidation sites excluding steroid dienone is 7. The number of hydrogen-bond acceptors (Lipinski definition) is 1. The Morgan fingerprint density at radius 2 is 1.85 bits per heavy atom. The third-order valence-corrected chi connectivity index (χ3v) is 2.75. The average Bonchev–Trinajstić information content (AvgIpc) is 2.93. The van der Waals surface area contributed by atoms with E-state index < -0.39 is 0 Å². The molecule has 1 aromatic heterocycles. The first-order chi connectivity index (χ1) is 9.63. The SMILES string of the molecule is C=C(C)\C=C/C(=C\C)C(=C/C)/c1cc[nH]c1NC.CC. The third kappa shape index (κ3) is 4.96. The zero-order chi connectivity index (χ0) is 15.5. The summed E-state index contributed by atoms with van der Waals surface area (Å²) >= 11 is 0. The Morgan fingerprint density at radius 3 is 2.30 bits per heavy atom. The molecule has 1 aromatic rings. The van der Waals surface area contributed by atoms with Crippen molar-refractivity contribution in [2.45, 2.75) is 34.6 Å². The zero-order valence-electron chi connectivity index (χ0n) is 13.7. The molecule has 0 radical (unpaired) electrons. The van der Waals surface area contributed by atoms with E-state index in [0.717, 1.165) is 11.4 Å². The number of nitrogens with one attached hydrogen (secondary N) is 2. The van der Waals surface area contributed by atoms with Crippen molar-refractivity contribution in [1.82, 2.24) is 4.98 Å². The van der Waals surface area contributed by atoms with Gasteiger partial charge in [0.2, 0.25) is 0 Å². The Balaban J connectivity index is 0.00000172. The Kier molecular flexibility index (Phi) is 8.93. The van der Waals surface area contributed by atoms with E-state index in [2.05, 4.69) is 48.1 Å². The number of anilines is 1. The Labute approximate surface area is 124 Å². The van der Waals surface area contributed by atoms with Gasteiger partial charge in [-0.15, -0.1) is 0 Å². The molecule has 2 heteroatoms. The summed E-state index contributed by atoms with van der Waals surface area (Å²) in [5.74, 6) is 1.03. The van der Waals surface area contributed by atoms with Crippen molar-refractivity contribution in [2.75, 3.05) is 12.4 Å². The van der Waals surface area contributed by atoms with E-state index in [-0.39, 0.29) is 0 Å². The van der Waals surface area contributed by atoms with Gasteiger partial charge in [-0.2, -0.15) is 0 Å². The Bertz CT molecular complexity index is 499. The minimum absolute atomic E-state index is 1.03. The van der Waals surface area contributed by atoms with Crippen LogP contribution < -0.4 is 5.32 Å². The quantitative estimate of drug-likeness (QED) is 0.674. The van der Waals surface area contributed by atoms with Gasteiger partial charge >= 0.3 is 0 Å². The van der Waals surface area contributed by atoms with Gasteiger partial charge in [0.25, 0.3) is 0 Å². The maximum Gasteiger partial charge on any atom is 0.110 e. The first kappa shape index (κ1) is 18.0. The molecule has 0 amide bonds. The van der Waals surface area contributed by atoms with E-state index >= 15 is 0 Å². The van der Waals surface area contributed by atoms with Crippen molar-refractivity contribution in [3.8, 4) is 0 Å². The van der Waals surface area contributed by atoms with Crippen molar-refractivity contribution in [2.24, 2.45) is 0 Å². The highest BCUT2D eigenvalue weighted by Crippen LogP contribution is 2.29. The van der Waals surface area contributed by atoms with Crippen LogP contribution in [-0.2, 0) is 0 Å². The molecule has 0 aliphatic carbocycles. The van der Waals surface area contributed by atoms with Crippen molar-refractivity contribution in [3.05, 3.63) is 59.9 Å². The molecule has 1 rings (SSSR count). The van der Waals surface area contributed by atoms with Crippen LogP contribution in [0.5, 0.6) is 0 Å². The van der Waals surface area contributed by atoms with Crippen molar-refractivity contribution in [1.29, 1.82) is 0 Å². The molecule has 0 spiro atoms. The van der Waals surface area contributed by atoms with Gasteiger partial charge in [-0.3, -0.25) is 0 Å². The predicted octanol–water partition coefficient (Wildman–Crippen LogP) is 5.56. The van der Waals surface area contributed by atoms with Crippen LogP contribution in [0, 0.1) is 0 Å². The van der Waals surface area contributed by atoms with E-state index in [1.165, 1.54) is 16.7 Å². The molecule has 20 heavy (non-hydrogen) atoms. The van der Waals surface area contributed by atoms with Gasteiger partial charge in [-0.25, -0.2) is 0 Å². The molecular formula is C18H28N2. The van der Waals surface area contributed by atoms with Crippen LogP contribution >= 0.6 is 0 Å². The van der Waals surface area contributed by atoms with Crippen molar-refractivity contribution >= 4 is 11.4 Å². The molecule has 1 heterocycles. The number of aromatic amines is 1. The summed E-state index contributed by atoms with van der Waals surface area (Å²) in [6, 6.07) is 2.08. The highest BCUT2D eigenvalue weighted by Gasteiger charge is 2.09. The lowest BCUT2D eigenvalue weighted by Crippen LogP contribution is -1.94. The summed E-state index contributed by atoms with van der Waals surface area (Å²) in [6.07, 6.45) is 10.3. The van der Waals surface area contributed by atoms with Crippen LogP contribution in [0.25, 0.3) is 5.57 Å². The van der Waals surface area contributed by atoms with E-state index in [1.807, 2.05) is 47.0 Å². The first-order valence-electron chi connectivity index (χ1n) is 7.16. The van der Waals surface area contributed by atoms with Gasteiger partial charge in [-0.05, 0) is 38.0 Å². The molecule has 2 N–H and O–H groups in total. The Hall–Kier alpha value is -1.96. The number of rotatable bonds is 5. The first-order valence-corrected chi connectivity index (χ1v) is 7.16. The van der Waals surface area contributed by atoms with Crippen LogP contribution in [0.3, 0.4) is 0 Å². The van der Waals surface area contributed by atoms with E-state index in [1.54, 1.807) is 0 Å². The summed E-state index contributed by atoms with van der Waals surface area (Å²) < 4.78 is 0. The minimum Gasteiger partial charge on any atom is -0.374 e. The van der Waals surface area contributed by atoms with Crippen molar-refractivity contribution < 1.29 is 0 Å². The fourth-order valence-corrected chi connectivity index (χ4v) is 1.85. The molecule has 0 saturated heterocycles. The van der Waals surface area contributed by atoms with Gasteiger partial charge in [-0.1, -0.05) is 50.3 Å². The van der Waals surface area contributed by atoms with Gasteiger partial charge in [0.15, 0.2) is 0 Å². The maximum absolute atomic E-state index is 3.89. The normalized spacial score (nSPS) is 12.1. The summed E-state index contributed by atoms with van der Waals surface area (Å²) in [4.78, 5) is 3.19. The second-order valence-electron chi connectivity index (χ2n) is 4.14. The molecule has 2 nitrogen and oxygen atoms in total. The molecular weight excluding hydrogens is 244 g/mol. The number of H-pyrrole nitrogens is 1. The standard InChI is InChI=1S/C16H22N2.C2H6/c1-6-13(9-8-12(3)4)14(7-2)15-10-11-18-16(15)17-5;1-2/h6-11,17-18H,3H2,1-2,4-5H3;1-2H3/b9-8-,13-6+,14-7-;. The predicted molar refractivity (Wildman–Crippen MR) is 93.0 cm³/mol. The second kappa shape index (κ2) is 9.90. The molecule has 0 bridgehead atoms. The highest BCUT2D eigenvalue weighted by molar-refractivity contribution is 5.86. The van der Waals surface area contributed by atoms with Gasteiger partial charge in [0, 0.05) is 18.8 Å². The van der Waals surface area contributed by atoms with E-state index in [9.17, 15) is 0 Å². The van der Waals surface area contributed by atoms with Gasteiger partial charge < -0.3 is 10.3 Å². The second-order valence-corrected chi connectivity index (χ2v) is 4.14. The monoisotopic (exact) mass is 272 g/mol. The summed E-state index contributed by atoms with van der Waals surface area (Å²) in [5.41, 5.74) is 4.63. The highest BCUT2D eigenvalue weighted by atomic mass is 15.0. The topological polar surface area (TPSA) is 27.8 Å². The number of aromatic nitrogens is 1. The third-order valence-electron chi connectivity index (χ3n) is 2.75. The zero-order valence-corrected chi connectivity index (χ0v) is 13.7. The van der Waals surface area contributed by atoms with Gasteiger partial charge in [0.1, 0.15) is 5.82 Å².